The summed E-state index contributed by atoms with van der Waals surface area (Å²) in [5.74, 6) is -2.92. The van der Waals surface area contributed by atoms with Crippen molar-refractivity contribution >= 4 is 17.6 Å². The summed E-state index contributed by atoms with van der Waals surface area (Å²) in [6.45, 7) is 1.42. The Morgan fingerprint density at radius 2 is 2.09 bits per heavy atom. The zero-order chi connectivity index (χ0) is 17.3. The Labute approximate surface area is 130 Å². The summed E-state index contributed by atoms with van der Waals surface area (Å²) in [5.41, 5.74) is 5.33. The van der Waals surface area contributed by atoms with Crippen LogP contribution < -0.4 is 5.73 Å². The minimum absolute atomic E-state index is 0.00839. The van der Waals surface area contributed by atoms with Crippen LogP contribution in [0.4, 0.5) is 10.1 Å². The molecule has 0 atom stereocenters. The average molecular weight is 317 g/mol. The van der Waals surface area contributed by atoms with E-state index in [1.54, 1.807) is 0 Å². The van der Waals surface area contributed by atoms with Gasteiger partial charge >= 0.3 is 11.9 Å². The van der Waals surface area contributed by atoms with E-state index in [1.807, 2.05) is 6.07 Å². The van der Waals surface area contributed by atoms with Gasteiger partial charge in [0.1, 0.15) is 11.9 Å². The summed E-state index contributed by atoms with van der Waals surface area (Å²) in [4.78, 5) is 23.0. The van der Waals surface area contributed by atoms with Crippen LogP contribution >= 0.6 is 0 Å². The normalized spacial score (nSPS) is 10.2. The van der Waals surface area contributed by atoms with Gasteiger partial charge in [-0.25, -0.2) is 14.0 Å². The standard InChI is InChI=1S/C15H12FN3O4/c1-7-10(16)3-8(14(20)21)4-11(7)19-6-9(5-17)12(18)13(19)15(22)23-2/h3-4,6H,18H2,1-2H3,(H,20,21). The Hall–Kier alpha value is -3.34. The number of nitrogens with zero attached hydrogens (tertiary/aromatic N) is 2. The molecule has 0 saturated carbocycles. The molecule has 7 nitrogen and oxygen atoms in total. The van der Waals surface area contributed by atoms with Gasteiger partial charge in [-0.05, 0) is 19.1 Å². The number of esters is 1. The van der Waals surface area contributed by atoms with Crippen LogP contribution in [0.15, 0.2) is 18.3 Å². The molecular formula is C15H12FN3O4. The molecule has 1 aromatic heterocycles. The Balaban J connectivity index is 2.84. The smallest absolute Gasteiger partial charge is 0.357 e. The highest BCUT2D eigenvalue weighted by Gasteiger charge is 2.24. The number of carbonyl (C=O) groups is 2. The second-order valence-corrected chi connectivity index (χ2v) is 4.69. The predicted octanol–water partition coefficient (Wildman–Crippen LogP) is 1.86. The van der Waals surface area contributed by atoms with Gasteiger partial charge in [-0.15, -0.1) is 0 Å². The molecular weight excluding hydrogens is 305 g/mol. The van der Waals surface area contributed by atoms with Gasteiger partial charge in [0.2, 0.25) is 0 Å². The van der Waals surface area contributed by atoms with Gasteiger partial charge < -0.3 is 20.1 Å². The van der Waals surface area contributed by atoms with E-state index in [2.05, 4.69) is 4.74 Å². The van der Waals surface area contributed by atoms with E-state index >= 15 is 0 Å². The van der Waals surface area contributed by atoms with E-state index in [4.69, 9.17) is 16.1 Å². The van der Waals surface area contributed by atoms with E-state index in [1.165, 1.54) is 19.2 Å². The zero-order valence-corrected chi connectivity index (χ0v) is 12.3. The number of hydrogen-bond donors (Lipinski definition) is 2. The quantitative estimate of drug-likeness (QED) is 0.834. The van der Waals surface area contributed by atoms with Crippen molar-refractivity contribution < 1.29 is 23.8 Å². The number of nitrogens with two attached hydrogens (primary N) is 1. The fourth-order valence-electron chi connectivity index (χ4n) is 2.14. The summed E-state index contributed by atoms with van der Waals surface area (Å²) in [7, 11) is 1.13. The molecule has 23 heavy (non-hydrogen) atoms. The van der Waals surface area contributed by atoms with Crippen LogP contribution in [0.25, 0.3) is 5.69 Å². The van der Waals surface area contributed by atoms with Gasteiger partial charge in [0, 0.05) is 11.8 Å². The SMILES string of the molecule is COC(=O)c1c(N)c(C#N)cn1-c1cc(C(=O)O)cc(F)c1C. The molecule has 1 aromatic carbocycles. The van der Waals surface area contributed by atoms with Crippen molar-refractivity contribution in [3.05, 3.63) is 46.5 Å². The molecule has 0 spiro atoms. The lowest BCUT2D eigenvalue weighted by Gasteiger charge is -2.13. The van der Waals surface area contributed by atoms with E-state index < -0.39 is 17.8 Å². The van der Waals surface area contributed by atoms with Crippen LogP contribution in [0.3, 0.4) is 0 Å². The lowest BCUT2D eigenvalue weighted by Crippen LogP contribution is -2.13. The Morgan fingerprint density at radius 3 is 2.61 bits per heavy atom. The molecule has 0 aliphatic rings. The fraction of sp³-hybridized carbons (Fsp3) is 0.133. The first-order valence-corrected chi connectivity index (χ1v) is 6.34. The van der Waals surface area contributed by atoms with Crippen molar-refractivity contribution in [2.24, 2.45) is 0 Å². The third-order valence-electron chi connectivity index (χ3n) is 3.37. The van der Waals surface area contributed by atoms with Crippen molar-refractivity contribution in [1.29, 1.82) is 5.26 Å². The minimum Gasteiger partial charge on any atom is -0.478 e. The van der Waals surface area contributed by atoms with Crippen molar-refractivity contribution in [3.8, 4) is 11.8 Å². The first-order valence-electron chi connectivity index (χ1n) is 6.34. The third kappa shape index (κ3) is 2.60. The minimum atomic E-state index is -1.33. The van der Waals surface area contributed by atoms with Crippen molar-refractivity contribution in [2.45, 2.75) is 6.92 Å². The van der Waals surface area contributed by atoms with Gasteiger partial charge in [0.05, 0.1) is 29.6 Å². The highest BCUT2D eigenvalue weighted by atomic mass is 19.1. The van der Waals surface area contributed by atoms with Crippen LogP contribution in [-0.2, 0) is 4.74 Å². The maximum atomic E-state index is 14.0. The first kappa shape index (κ1) is 16.0. The number of anilines is 1. The lowest BCUT2D eigenvalue weighted by molar-refractivity contribution is 0.0592. The van der Waals surface area contributed by atoms with Crippen LogP contribution in [-0.4, -0.2) is 28.7 Å². The lowest BCUT2D eigenvalue weighted by atomic mass is 10.1. The zero-order valence-electron chi connectivity index (χ0n) is 12.3. The maximum Gasteiger partial charge on any atom is 0.357 e. The summed E-state index contributed by atoms with van der Waals surface area (Å²) < 4.78 is 19.8. The monoisotopic (exact) mass is 317 g/mol. The molecule has 0 bridgehead atoms. The Bertz CT molecular complexity index is 865. The summed E-state index contributed by atoms with van der Waals surface area (Å²) in [6.07, 6.45) is 1.23. The number of halogens is 1. The molecule has 8 heteroatoms. The molecule has 0 fully saturated rings. The number of hydrogen-bond acceptors (Lipinski definition) is 5. The highest BCUT2D eigenvalue weighted by molar-refractivity contribution is 5.96. The summed E-state index contributed by atoms with van der Waals surface area (Å²) >= 11 is 0. The van der Waals surface area contributed by atoms with E-state index in [9.17, 15) is 14.0 Å². The highest BCUT2D eigenvalue weighted by Crippen LogP contribution is 2.28. The number of nitriles is 1. The number of benzene rings is 1. The van der Waals surface area contributed by atoms with Gasteiger partial charge in [0.25, 0.3) is 0 Å². The van der Waals surface area contributed by atoms with Crippen LogP contribution in [0.2, 0.25) is 0 Å². The number of aromatic carboxylic acids is 1. The van der Waals surface area contributed by atoms with Crippen LogP contribution in [0.1, 0.15) is 32.0 Å². The first-order chi connectivity index (χ1) is 10.8. The molecule has 118 valence electrons. The molecule has 0 radical (unpaired) electrons. The van der Waals surface area contributed by atoms with Gasteiger partial charge in [-0.3, -0.25) is 0 Å². The van der Waals surface area contributed by atoms with Gasteiger partial charge in [-0.2, -0.15) is 5.26 Å². The molecule has 2 rings (SSSR count). The summed E-state index contributed by atoms with van der Waals surface area (Å²) in [6, 6.07) is 3.87. The van der Waals surface area contributed by atoms with Gasteiger partial charge in [0.15, 0.2) is 5.69 Å². The number of carboxylic acid groups (broad SMARTS) is 1. The van der Waals surface area contributed by atoms with E-state index in [0.717, 1.165) is 17.7 Å². The van der Waals surface area contributed by atoms with Gasteiger partial charge in [-0.1, -0.05) is 0 Å². The molecule has 2 aromatic rings. The average Bonchev–Trinajstić information content (AvgIpc) is 2.85. The van der Waals surface area contributed by atoms with Crippen molar-refractivity contribution in [1.82, 2.24) is 4.57 Å². The molecule has 0 aliphatic heterocycles. The Kier molecular flexibility index (Phi) is 4.05. The number of nitrogen functional groups attached to an aromatic ring is 1. The van der Waals surface area contributed by atoms with Crippen molar-refractivity contribution in [3.63, 3.8) is 0 Å². The molecule has 1 heterocycles. The summed E-state index contributed by atoms with van der Waals surface area (Å²) in [5, 5.41) is 18.1. The molecule has 3 N–H and O–H groups in total. The van der Waals surface area contributed by atoms with Crippen LogP contribution in [0, 0.1) is 24.1 Å². The second-order valence-electron chi connectivity index (χ2n) is 4.69. The number of aromatic nitrogens is 1. The number of carboxylic acids is 1. The number of methoxy groups -OCH3 is 1. The Morgan fingerprint density at radius 1 is 1.43 bits per heavy atom. The topological polar surface area (TPSA) is 118 Å². The number of ether oxygens (including phenoxy) is 1. The molecule has 0 amide bonds. The molecule has 0 unspecified atom stereocenters. The molecule has 0 aliphatic carbocycles. The fourth-order valence-corrected chi connectivity index (χ4v) is 2.14. The van der Waals surface area contributed by atoms with Crippen molar-refractivity contribution in [2.75, 3.05) is 12.8 Å². The molecule has 0 saturated heterocycles. The van der Waals surface area contributed by atoms with E-state index in [-0.39, 0.29) is 33.8 Å². The third-order valence-corrected chi connectivity index (χ3v) is 3.37. The maximum absolute atomic E-state index is 14.0. The number of carbonyl (C=O) groups excluding carboxylic acids is 1. The predicted molar refractivity (Wildman–Crippen MR) is 77.9 cm³/mol. The van der Waals surface area contributed by atoms with Crippen LogP contribution in [0.5, 0.6) is 0 Å². The van der Waals surface area contributed by atoms with E-state index in [0.29, 0.717) is 0 Å². The largest absolute Gasteiger partial charge is 0.478 e. The second kappa shape index (κ2) is 5.81. The number of rotatable bonds is 3.